The molecule has 0 amide bonds. The maximum absolute atomic E-state index is 11.8. The van der Waals surface area contributed by atoms with Crippen molar-refractivity contribution in [3.05, 3.63) is 23.8 Å². The second-order valence-electron chi connectivity index (χ2n) is 3.77. The first kappa shape index (κ1) is 16.6. The van der Waals surface area contributed by atoms with E-state index in [9.17, 15) is 8.42 Å². The highest BCUT2D eigenvalue weighted by atomic mass is 32.2. The molecule has 0 saturated heterocycles. The summed E-state index contributed by atoms with van der Waals surface area (Å²) in [4.78, 5) is 0.205. The van der Waals surface area contributed by atoms with Crippen LogP contribution < -0.4 is 19.9 Å². The van der Waals surface area contributed by atoms with Crippen LogP contribution in [0.1, 0.15) is 5.56 Å². The van der Waals surface area contributed by atoms with E-state index in [0.717, 1.165) is 0 Å². The third-order valence-electron chi connectivity index (χ3n) is 2.33. The zero-order valence-electron chi connectivity index (χ0n) is 11.2. The minimum Gasteiger partial charge on any atom is -0.495 e. The Kier molecular flexibility index (Phi) is 6.14. The van der Waals surface area contributed by atoms with Gasteiger partial charge >= 0.3 is 0 Å². The van der Waals surface area contributed by atoms with Crippen LogP contribution in [-0.2, 0) is 14.9 Å². The van der Waals surface area contributed by atoms with E-state index in [1.54, 1.807) is 12.1 Å². The quantitative estimate of drug-likeness (QED) is 0.468. The third-order valence-corrected chi connectivity index (χ3v) is 3.64. The fourth-order valence-electron chi connectivity index (χ4n) is 1.39. The van der Waals surface area contributed by atoms with Gasteiger partial charge < -0.3 is 15.2 Å². The van der Waals surface area contributed by atoms with Gasteiger partial charge in [0.15, 0.2) is 0 Å². The molecular formula is C11H17N3O4S2. The minimum absolute atomic E-state index is 0.166. The average molecular weight is 319 g/mol. The summed E-state index contributed by atoms with van der Waals surface area (Å²) in [5.74, 6) is 0.326. The molecule has 0 fully saturated rings. The molecule has 0 heterocycles. The number of rotatable bonds is 8. The van der Waals surface area contributed by atoms with Crippen molar-refractivity contribution < 1.29 is 17.9 Å². The lowest BCUT2D eigenvalue weighted by atomic mass is 10.2. The fraction of sp³-hybridized carbons (Fsp3) is 0.364. The summed E-state index contributed by atoms with van der Waals surface area (Å²) in [6, 6.07) is 4.70. The Morgan fingerprint density at radius 3 is 2.65 bits per heavy atom. The van der Waals surface area contributed by atoms with Gasteiger partial charge in [0.05, 0.1) is 19.4 Å². The smallest absolute Gasteiger partial charge is 0.299 e. The normalized spacial score (nSPS) is 11.1. The van der Waals surface area contributed by atoms with E-state index in [1.165, 1.54) is 20.3 Å². The van der Waals surface area contributed by atoms with Crippen molar-refractivity contribution in [2.45, 2.75) is 0 Å². The maximum Gasteiger partial charge on any atom is 0.299 e. The van der Waals surface area contributed by atoms with Crippen LogP contribution in [0, 0.1) is 0 Å². The Bertz CT molecular complexity index is 575. The molecule has 1 aromatic rings. The Labute approximate surface area is 123 Å². The van der Waals surface area contributed by atoms with E-state index in [-0.39, 0.29) is 23.8 Å². The molecular weight excluding hydrogens is 302 g/mol. The van der Waals surface area contributed by atoms with Crippen LogP contribution in [-0.4, -0.2) is 40.8 Å². The molecule has 9 heteroatoms. The molecule has 0 aromatic heterocycles. The van der Waals surface area contributed by atoms with E-state index in [0.29, 0.717) is 11.3 Å². The second-order valence-corrected chi connectivity index (χ2v) is 5.71. The lowest BCUT2D eigenvalue weighted by Gasteiger charge is -2.13. The Balaban J connectivity index is 2.89. The van der Waals surface area contributed by atoms with E-state index in [4.69, 9.17) is 27.4 Å². The number of nitrogens with two attached hydrogens (primary N) is 1. The number of benzene rings is 1. The summed E-state index contributed by atoms with van der Waals surface area (Å²) in [5, 5.41) is 0. The minimum atomic E-state index is -3.70. The van der Waals surface area contributed by atoms with Gasteiger partial charge in [0.2, 0.25) is 0 Å². The molecule has 0 aliphatic carbocycles. The maximum atomic E-state index is 11.8. The van der Waals surface area contributed by atoms with Crippen molar-refractivity contribution in [1.82, 2.24) is 4.72 Å². The van der Waals surface area contributed by atoms with Crippen molar-refractivity contribution in [2.24, 2.45) is 5.73 Å². The van der Waals surface area contributed by atoms with Crippen LogP contribution in [0.4, 0.5) is 5.69 Å². The molecule has 7 nitrogen and oxygen atoms in total. The number of nitrogens with one attached hydrogen (secondary N) is 2. The van der Waals surface area contributed by atoms with Gasteiger partial charge in [-0.3, -0.25) is 4.72 Å². The van der Waals surface area contributed by atoms with Crippen molar-refractivity contribution in [3.63, 3.8) is 0 Å². The van der Waals surface area contributed by atoms with E-state index >= 15 is 0 Å². The monoisotopic (exact) mass is 319 g/mol. The van der Waals surface area contributed by atoms with Crippen LogP contribution >= 0.6 is 12.2 Å². The van der Waals surface area contributed by atoms with Crippen molar-refractivity contribution in [1.29, 1.82) is 0 Å². The van der Waals surface area contributed by atoms with E-state index in [1.807, 2.05) is 0 Å². The number of anilines is 1. The van der Waals surface area contributed by atoms with Crippen LogP contribution in [0.15, 0.2) is 18.2 Å². The number of thiocarbonyl (C=S) groups is 1. The number of ether oxygens (including phenoxy) is 2. The number of methoxy groups -OCH3 is 2. The summed E-state index contributed by atoms with van der Waals surface area (Å²) in [6.45, 7) is 0.442. The second kappa shape index (κ2) is 7.39. The number of hydrogen-bond acceptors (Lipinski definition) is 5. The predicted molar refractivity (Wildman–Crippen MR) is 81.3 cm³/mol. The van der Waals surface area contributed by atoms with Crippen molar-refractivity contribution in [2.75, 3.05) is 32.1 Å². The van der Waals surface area contributed by atoms with Crippen LogP contribution in [0.25, 0.3) is 0 Å². The van der Waals surface area contributed by atoms with Crippen LogP contribution in [0.5, 0.6) is 5.75 Å². The molecule has 0 saturated carbocycles. The lowest BCUT2D eigenvalue weighted by molar-refractivity contribution is 0.204. The summed E-state index contributed by atoms with van der Waals surface area (Å²) in [7, 11) is -0.786. The third kappa shape index (κ3) is 4.93. The highest BCUT2D eigenvalue weighted by molar-refractivity contribution is 7.90. The van der Waals surface area contributed by atoms with E-state index < -0.39 is 10.2 Å². The molecule has 4 N–H and O–H groups in total. The largest absolute Gasteiger partial charge is 0.495 e. The molecule has 0 aliphatic heterocycles. The van der Waals surface area contributed by atoms with Crippen LogP contribution in [0.3, 0.4) is 0 Å². The SMILES string of the molecule is COCCNS(=O)(=O)Nc1ccc(C(N)=S)cc1OC. The predicted octanol–water partition coefficient (Wildman–Crippen LogP) is 0.222. The zero-order valence-corrected chi connectivity index (χ0v) is 12.8. The van der Waals surface area contributed by atoms with Gasteiger partial charge in [-0.25, -0.2) is 0 Å². The molecule has 0 radical (unpaired) electrons. The van der Waals surface area contributed by atoms with E-state index in [2.05, 4.69) is 9.44 Å². The lowest BCUT2D eigenvalue weighted by Crippen LogP contribution is -2.32. The van der Waals surface area contributed by atoms with Gasteiger partial charge in [-0.05, 0) is 18.2 Å². The van der Waals surface area contributed by atoms with Crippen LogP contribution in [0.2, 0.25) is 0 Å². The molecule has 0 bridgehead atoms. The van der Waals surface area contributed by atoms with Gasteiger partial charge in [0.1, 0.15) is 10.7 Å². The summed E-state index contributed by atoms with van der Waals surface area (Å²) in [5.41, 5.74) is 6.39. The molecule has 0 aliphatic rings. The van der Waals surface area contributed by atoms with Crippen molar-refractivity contribution >= 4 is 33.1 Å². The highest BCUT2D eigenvalue weighted by Gasteiger charge is 2.13. The van der Waals surface area contributed by atoms with Gasteiger partial charge in [0.25, 0.3) is 10.2 Å². The average Bonchev–Trinajstić information content (AvgIpc) is 2.38. The molecule has 112 valence electrons. The Morgan fingerprint density at radius 1 is 1.40 bits per heavy atom. The standard InChI is InChI=1S/C11H17N3O4S2/c1-17-6-5-13-20(15,16)14-9-4-3-8(11(12)19)7-10(9)18-2/h3-4,7,13-14H,5-6H2,1-2H3,(H2,12,19). The molecule has 1 aromatic carbocycles. The van der Waals surface area contributed by atoms with Crippen molar-refractivity contribution in [3.8, 4) is 5.75 Å². The molecule has 0 unspecified atom stereocenters. The Morgan fingerprint density at radius 2 is 2.10 bits per heavy atom. The number of hydrogen-bond donors (Lipinski definition) is 3. The van der Waals surface area contributed by atoms with Gasteiger partial charge in [-0.1, -0.05) is 12.2 Å². The summed E-state index contributed by atoms with van der Waals surface area (Å²) >= 11 is 4.85. The van der Waals surface area contributed by atoms with Gasteiger partial charge in [-0.2, -0.15) is 13.1 Å². The molecule has 0 atom stereocenters. The molecule has 0 spiro atoms. The Hall–Kier alpha value is -1.42. The first-order valence-electron chi connectivity index (χ1n) is 5.64. The highest BCUT2D eigenvalue weighted by Crippen LogP contribution is 2.26. The summed E-state index contributed by atoms with van der Waals surface area (Å²) < 4.78 is 38.1. The zero-order chi connectivity index (χ0) is 15.2. The first-order chi connectivity index (χ1) is 9.39. The topological polar surface area (TPSA) is 103 Å². The van der Waals surface area contributed by atoms with Gasteiger partial charge in [-0.15, -0.1) is 0 Å². The summed E-state index contributed by atoms with van der Waals surface area (Å²) in [6.07, 6.45) is 0. The molecule has 20 heavy (non-hydrogen) atoms. The van der Waals surface area contributed by atoms with Gasteiger partial charge in [0, 0.05) is 19.2 Å². The fourth-order valence-corrected chi connectivity index (χ4v) is 2.40. The molecule has 1 rings (SSSR count). The first-order valence-corrected chi connectivity index (χ1v) is 7.53.